The van der Waals surface area contributed by atoms with E-state index in [9.17, 15) is 4.79 Å². The molecule has 0 saturated carbocycles. The molecule has 118 valence electrons. The average Bonchev–Trinajstić information content (AvgIpc) is 2.46. The number of carbonyl (C=O) groups excluding carboxylic acids is 1. The van der Waals surface area contributed by atoms with Gasteiger partial charge in [0.25, 0.3) is 0 Å². The van der Waals surface area contributed by atoms with Crippen LogP contribution in [0, 0.1) is 0 Å². The quantitative estimate of drug-likeness (QED) is 0.732. The number of para-hydroxylation sites is 1. The number of ether oxygens (including phenoxy) is 2. The van der Waals surface area contributed by atoms with E-state index in [4.69, 9.17) is 9.47 Å². The van der Waals surface area contributed by atoms with Gasteiger partial charge < -0.3 is 20.1 Å². The summed E-state index contributed by atoms with van der Waals surface area (Å²) < 4.78 is 11.1. The number of amides is 1. The summed E-state index contributed by atoms with van der Waals surface area (Å²) in [6.07, 6.45) is 0.336. The lowest BCUT2D eigenvalue weighted by Crippen LogP contribution is -2.25. The van der Waals surface area contributed by atoms with Crippen molar-refractivity contribution in [3.8, 4) is 11.5 Å². The van der Waals surface area contributed by atoms with E-state index in [1.54, 1.807) is 7.11 Å². The first-order valence-electron chi connectivity index (χ1n) is 7.37. The molecule has 1 rings (SSSR count). The Balaban J connectivity index is 2.70. The van der Waals surface area contributed by atoms with Gasteiger partial charge in [0, 0.05) is 24.7 Å². The van der Waals surface area contributed by atoms with E-state index in [0.717, 1.165) is 5.56 Å². The van der Waals surface area contributed by atoms with Crippen molar-refractivity contribution >= 4 is 5.91 Å². The maximum atomic E-state index is 11.5. The van der Waals surface area contributed by atoms with Crippen LogP contribution in [0.2, 0.25) is 0 Å². The Morgan fingerprint density at radius 2 is 2.10 bits per heavy atom. The second kappa shape index (κ2) is 9.23. The molecule has 0 bridgehead atoms. The highest BCUT2D eigenvalue weighted by molar-refractivity contribution is 5.75. The van der Waals surface area contributed by atoms with Gasteiger partial charge in [0.2, 0.25) is 5.91 Å². The van der Waals surface area contributed by atoms with E-state index in [0.29, 0.717) is 43.7 Å². The van der Waals surface area contributed by atoms with E-state index in [2.05, 4.69) is 24.5 Å². The molecule has 1 aromatic rings. The fourth-order valence-corrected chi connectivity index (χ4v) is 1.87. The van der Waals surface area contributed by atoms with Crippen LogP contribution in [0.4, 0.5) is 0 Å². The van der Waals surface area contributed by atoms with Crippen LogP contribution in [0.15, 0.2) is 18.2 Å². The monoisotopic (exact) mass is 294 g/mol. The number of hydrogen-bond acceptors (Lipinski definition) is 4. The van der Waals surface area contributed by atoms with Gasteiger partial charge in [-0.2, -0.15) is 0 Å². The molecule has 0 radical (unpaired) electrons. The lowest BCUT2D eigenvalue weighted by molar-refractivity contribution is -0.121. The molecule has 0 aliphatic rings. The molecule has 0 fully saturated rings. The van der Waals surface area contributed by atoms with Crippen molar-refractivity contribution in [3.05, 3.63) is 23.8 Å². The van der Waals surface area contributed by atoms with Crippen LogP contribution in [0.3, 0.4) is 0 Å². The first-order valence-corrected chi connectivity index (χ1v) is 7.37. The van der Waals surface area contributed by atoms with Gasteiger partial charge in [-0.25, -0.2) is 0 Å². The van der Waals surface area contributed by atoms with Gasteiger partial charge in [-0.05, 0) is 13.0 Å². The summed E-state index contributed by atoms with van der Waals surface area (Å²) in [6, 6.07) is 6.19. The van der Waals surface area contributed by atoms with Crippen LogP contribution in [0.25, 0.3) is 0 Å². The Morgan fingerprint density at radius 1 is 1.33 bits per heavy atom. The van der Waals surface area contributed by atoms with Gasteiger partial charge in [-0.1, -0.05) is 26.0 Å². The predicted octanol–water partition coefficient (Wildman–Crippen LogP) is 2.10. The lowest BCUT2D eigenvalue weighted by Gasteiger charge is -2.16. The van der Waals surface area contributed by atoms with Crippen LogP contribution in [-0.2, 0) is 11.3 Å². The topological polar surface area (TPSA) is 59.6 Å². The fourth-order valence-electron chi connectivity index (χ4n) is 1.87. The minimum atomic E-state index is -0.00532. The molecule has 0 aromatic heterocycles. The number of benzene rings is 1. The van der Waals surface area contributed by atoms with Gasteiger partial charge in [-0.3, -0.25) is 4.79 Å². The molecule has 0 aliphatic carbocycles. The molecule has 0 aliphatic heterocycles. The zero-order valence-corrected chi connectivity index (χ0v) is 13.4. The second-order valence-electron chi connectivity index (χ2n) is 5.04. The molecule has 0 unspecified atom stereocenters. The number of nitrogens with one attached hydrogen (secondary N) is 2. The minimum absolute atomic E-state index is 0.00532. The maximum absolute atomic E-state index is 11.5. The summed E-state index contributed by atoms with van der Waals surface area (Å²) in [5, 5.41) is 6.11. The molecule has 0 heterocycles. The van der Waals surface area contributed by atoms with E-state index in [1.807, 2.05) is 25.1 Å². The van der Waals surface area contributed by atoms with Crippen molar-refractivity contribution < 1.29 is 14.3 Å². The normalized spacial score (nSPS) is 10.5. The minimum Gasteiger partial charge on any atom is -0.493 e. The summed E-state index contributed by atoms with van der Waals surface area (Å²) in [5.41, 5.74) is 1.03. The smallest absolute Gasteiger partial charge is 0.223 e. The molecule has 5 heteroatoms. The van der Waals surface area contributed by atoms with Gasteiger partial charge >= 0.3 is 0 Å². The van der Waals surface area contributed by atoms with Crippen LogP contribution in [-0.4, -0.2) is 32.2 Å². The van der Waals surface area contributed by atoms with Crippen LogP contribution in [0.5, 0.6) is 11.5 Å². The Labute approximate surface area is 127 Å². The van der Waals surface area contributed by atoms with Crippen molar-refractivity contribution in [1.29, 1.82) is 0 Å². The van der Waals surface area contributed by atoms with Crippen molar-refractivity contribution in [3.63, 3.8) is 0 Å². The largest absolute Gasteiger partial charge is 0.493 e. The summed E-state index contributed by atoms with van der Waals surface area (Å²) in [4.78, 5) is 11.5. The van der Waals surface area contributed by atoms with E-state index < -0.39 is 0 Å². The average molecular weight is 294 g/mol. The lowest BCUT2D eigenvalue weighted by atomic mass is 10.1. The standard InChI is InChI=1S/C16H26N2O3/c1-5-17-15(19)9-10-21-16-13(11-18-12(2)3)7-6-8-14(16)20-4/h6-8,12,18H,5,9-11H2,1-4H3,(H,17,19). The van der Waals surface area contributed by atoms with Crippen molar-refractivity contribution in [2.24, 2.45) is 0 Å². The summed E-state index contributed by atoms with van der Waals surface area (Å²) in [5.74, 6) is 1.39. The molecule has 0 spiro atoms. The number of methoxy groups -OCH3 is 1. The molecule has 2 N–H and O–H groups in total. The fraction of sp³-hybridized carbons (Fsp3) is 0.562. The zero-order valence-electron chi connectivity index (χ0n) is 13.4. The molecule has 1 amide bonds. The summed E-state index contributed by atoms with van der Waals surface area (Å²) in [7, 11) is 1.62. The van der Waals surface area contributed by atoms with Gasteiger partial charge in [0.05, 0.1) is 20.1 Å². The number of carbonyl (C=O) groups is 1. The molecule has 1 aromatic carbocycles. The summed E-state index contributed by atoms with van der Waals surface area (Å²) in [6.45, 7) is 7.75. The van der Waals surface area contributed by atoms with Gasteiger partial charge in [-0.15, -0.1) is 0 Å². The Morgan fingerprint density at radius 3 is 2.71 bits per heavy atom. The number of hydrogen-bond donors (Lipinski definition) is 2. The molecule has 0 atom stereocenters. The molecule has 0 saturated heterocycles. The van der Waals surface area contributed by atoms with Crippen molar-refractivity contribution in [2.75, 3.05) is 20.3 Å². The Bertz CT molecular complexity index is 447. The predicted molar refractivity (Wildman–Crippen MR) is 83.8 cm³/mol. The Hall–Kier alpha value is -1.75. The van der Waals surface area contributed by atoms with E-state index >= 15 is 0 Å². The van der Waals surface area contributed by atoms with Crippen molar-refractivity contribution in [2.45, 2.75) is 39.8 Å². The highest BCUT2D eigenvalue weighted by Crippen LogP contribution is 2.31. The SMILES string of the molecule is CCNC(=O)CCOc1c(CNC(C)C)cccc1OC. The molecular weight excluding hydrogens is 268 g/mol. The molecule has 21 heavy (non-hydrogen) atoms. The third-order valence-electron chi connectivity index (χ3n) is 2.93. The van der Waals surface area contributed by atoms with E-state index in [1.165, 1.54) is 0 Å². The highest BCUT2D eigenvalue weighted by Gasteiger charge is 2.11. The van der Waals surface area contributed by atoms with Crippen LogP contribution < -0.4 is 20.1 Å². The number of rotatable bonds is 9. The van der Waals surface area contributed by atoms with E-state index in [-0.39, 0.29) is 5.91 Å². The zero-order chi connectivity index (χ0) is 15.7. The second-order valence-corrected chi connectivity index (χ2v) is 5.04. The third kappa shape index (κ3) is 6.04. The first kappa shape index (κ1) is 17.3. The van der Waals surface area contributed by atoms with Crippen LogP contribution in [0.1, 0.15) is 32.8 Å². The van der Waals surface area contributed by atoms with Gasteiger partial charge in [0.15, 0.2) is 11.5 Å². The van der Waals surface area contributed by atoms with Crippen molar-refractivity contribution in [1.82, 2.24) is 10.6 Å². The highest BCUT2D eigenvalue weighted by atomic mass is 16.5. The maximum Gasteiger partial charge on any atom is 0.223 e. The van der Waals surface area contributed by atoms with Crippen LogP contribution >= 0.6 is 0 Å². The first-order chi connectivity index (χ1) is 10.1. The summed E-state index contributed by atoms with van der Waals surface area (Å²) >= 11 is 0. The molecule has 5 nitrogen and oxygen atoms in total. The Kier molecular flexibility index (Phi) is 7.61. The third-order valence-corrected chi connectivity index (χ3v) is 2.93. The van der Waals surface area contributed by atoms with Gasteiger partial charge in [0.1, 0.15) is 0 Å². The molecular formula is C16H26N2O3.